The molecule has 0 fully saturated rings. The van der Waals surface area contributed by atoms with Crippen molar-refractivity contribution in [3.63, 3.8) is 0 Å². The maximum absolute atomic E-state index is 5.79. The van der Waals surface area contributed by atoms with Gasteiger partial charge in [-0.15, -0.1) is 10.2 Å². The summed E-state index contributed by atoms with van der Waals surface area (Å²) >= 11 is 3.05. The van der Waals surface area contributed by atoms with Crippen LogP contribution in [0.2, 0.25) is 0 Å². The fourth-order valence-electron chi connectivity index (χ4n) is 2.09. The Morgan fingerprint density at radius 2 is 1.92 bits per heavy atom. The summed E-state index contributed by atoms with van der Waals surface area (Å²) in [5.74, 6) is 1.39. The summed E-state index contributed by atoms with van der Waals surface area (Å²) in [6.07, 6.45) is 0. The van der Waals surface area contributed by atoms with Gasteiger partial charge in [-0.3, -0.25) is 0 Å². The molecule has 1 aromatic carbocycles. The first-order valence-corrected chi connectivity index (χ1v) is 9.67. The van der Waals surface area contributed by atoms with Crippen LogP contribution in [0.25, 0.3) is 0 Å². The summed E-state index contributed by atoms with van der Waals surface area (Å²) in [5.41, 5.74) is 6.99. The topological polar surface area (TPSA) is 106 Å². The highest BCUT2D eigenvalue weighted by molar-refractivity contribution is 8.01. The zero-order valence-corrected chi connectivity index (χ0v) is 16.4. The Balaban J connectivity index is 1.63. The van der Waals surface area contributed by atoms with E-state index in [1.165, 1.54) is 16.9 Å². The van der Waals surface area contributed by atoms with Gasteiger partial charge in [-0.2, -0.15) is 15.0 Å². The van der Waals surface area contributed by atoms with Crippen LogP contribution in [-0.2, 0) is 6.54 Å². The van der Waals surface area contributed by atoms with Crippen molar-refractivity contribution in [2.45, 2.75) is 23.1 Å². The predicted molar refractivity (Wildman–Crippen MR) is 107 cm³/mol. The Morgan fingerprint density at radius 1 is 1.15 bits per heavy atom. The molecule has 2 aromatic heterocycles. The number of benzene rings is 1. The van der Waals surface area contributed by atoms with Gasteiger partial charge >= 0.3 is 0 Å². The summed E-state index contributed by atoms with van der Waals surface area (Å²) in [6, 6.07) is 10.2. The number of hydrogen-bond donors (Lipinski definition) is 2. The molecule has 3 aromatic rings. The summed E-state index contributed by atoms with van der Waals surface area (Å²) in [4.78, 5) is 14.6. The average Bonchev–Trinajstić information content (AvgIpc) is 3.07. The standard InChI is InChI=1S/C16H20N8S2/c1-10(12-19-13(17)21-14(20-12)24(2)3)25-16-23-22-15(26-16)18-9-11-7-5-4-6-8-11/h4-8,10H,9H2,1-3H3,(H,18,22)(H2,17,19,20,21)/t10-/m0/s1. The summed E-state index contributed by atoms with van der Waals surface area (Å²) < 4.78 is 0.846. The molecule has 26 heavy (non-hydrogen) atoms. The van der Waals surface area contributed by atoms with Crippen molar-refractivity contribution in [2.24, 2.45) is 0 Å². The second-order valence-corrected chi connectivity index (χ2v) is 8.28. The SMILES string of the molecule is C[C@H](Sc1nnc(NCc2ccccc2)s1)c1nc(N)nc(N(C)C)n1. The molecule has 0 saturated heterocycles. The largest absolute Gasteiger partial charge is 0.368 e. The number of thioether (sulfide) groups is 1. The van der Waals surface area contributed by atoms with E-state index in [4.69, 9.17) is 5.73 Å². The van der Waals surface area contributed by atoms with Gasteiger partial charge in [-0.1, -0.05) is 53.4 Å². The molecule has 0 bridgehead atoms. The van der Waals surface area contributed by atoms with Crippen LogP contribution in [0.5, 0.6) is 0 Å². The van der Waals surface area contributed by atoms with E-state index in [0.29, 0.717) is 18.3 Å². The molecule has 0 saturated carbocycles. The lowest BCUT2D eigenvalue weighted by Gasteiger charge is -2.13. The molecule has 0 aliphatic carbocycles. The van der Waals surface area contributed by atoms with Gasteiger partial charge in [0.2, 0.25) is 17.0 Å². The van der Waals surface area contributed by atoms with E-state index in [2.05, 4.69) is 42.6 Å². The average molecular weight is 389 g/mol. The van der Waals surface area contributed by atoms with Crippen LogP contribution >= 0.6 is 23.1 Å². The van der Waals surface area contributed by atoms with E-state index in [1.54, 1.807) is 16.7 Å². The smallest absolute Gasteiger partial charge is 0.229 e. The normalized spacial score (nSPS) is 12.0. The molecular formula is C16H20N8S2. The Kier molecular flexibility index (Phi) is 5.84. The fraction of sp³-hybridized carbons (Fsp3) is 0.312. The summed E-state index contributed by atoms with van der Waals surface area (Å²) in [5, 5.41) is 12.5. The third-order valence-electron chi connectivity index (χ3n) is 3.39. The lowest BCUT2D eigenvalue weighted by atomic mass is 10.2. The number of nitrogens with zero attached hydrogens (tertiary/aromatic N) is 6. The molecular weight excluding hydrogens is 368 g/mol. The van der Waals surface area contributed by atoms with Crippen LogP contribution in [0.4, 0.5) is 17.0 Å². The third-order valence-corrected chi connectivity index (χ3v) is 5.45. The zero-order chi connectivity index (χ0) is 18.5. The number of aromatic nitrogens is 5. The molecule has 0 spiro atoms. The van der Waals surface area contributed by atoms with Gasteiger partial charge in [0.05, 0.1) is 5.25 Å². The van der Waals surface area contributed by atoms with Crippen molar-refractivity contribution in [1.82, 2.24) is 25.1 Å². The quantitative estimate of drug-likeness (QED) is 0.591. The number of nitrogens with one attached hydrogen (secondary N) is 1. The molecule has 0 unspecified atom stereocenters. The second kappa shape index (κ2) is 8.28. The van der Waals surface area contributed by atoms with Crippen LogP contribution in [0, 0.1) is 0 Å². The predicted octanol–water partition coefficient (Wildman–Crippen LogP) is 2.84. The van der Waals surface area contributed by atoms with Crippen LogP contribution in [-0.4, -0.2) is 39.2 Å². The van der Waals surface area contributed by atoms with Crippen molar-refractivity contribution < 1.29 is 0 Å². The van der Waals surface area contributed by atoms with Gasteiger partial charge in [-0.25, -0.2) is 0 Å². The minimum atomic E-state index is -0.0195. The van der Waals surface area contributed by atoms with Crippen LogP contribution in [0.1, 0.15) is 23.6 Å². The van der Waals surface area contributed by atoms with Gasteiger partial charge in [0.25, 0.3) is 0 Å². The van der Waals surface area contributed by atoms with Gasteiger partial charge in [0, 0.05) is 20.6 Å². The van der Waals surface area contributed by atoms with Gasteiger partial charge in [0.15, 0.2) is 4.34 Å². The minimum absolute atomic E-state index is 0.0195. The van der Waals surface area contributed by atoms with Gasteiger partial charge in [0.1, 0.15) is 5.82 Å². The molecule has 0 amide bonds. The summed E-state index contributed by atoms with van der Waals surface area (Å²) in [7, 11) is 3.73. The Bertz CT molecular complexity index is 852. The molecule has 0 aliphatic heterocycles. The molecule has 136 valence electrons. The number of nitrogen functional groups attached to an aromatic ring is 1. The number of anilines is 3. The van der Waals surface area contributed by atoms with Crippen molar-refractivity contribution in [1.29, 1.82) is 0 Å². The first-order valence-electron chi connectivity index (χ1n) is 7.98. The van der Waals surface area contributed by atoms with E-state index in [9.17, 15) is 0 Å². The molecule has 3 rings (SSSR count). The maximum atomic E-state index is 5.79. The van der Waals surface area contributed by atoms with Crippen molar-refractivity contribution in [3.05, 3.63) is 41.7 Å². The van der Waals surface area contributed by atoms with Crippen molar-refractivity contribution in [3.8, 4) is 0 Å². The molecule has 10 heteroatoms. The number of nitrogens with two attached hydrogens (primary N) is 1. The van der Waals surface area contributed by atoms with Crippen LogP contribution < -0.4 is 16.0 Å². The number of hydrogen-bond acceptors (Lipinski definition) is 10. The summed E-state index contributed by atoms with van der Waals surface area (Å²) in [6.45, 7) is 2.73. The third kappa shape index (κ3) is 4.79. The second-order valence-electron chi connectivity index (χ2n) is 5.72. The van der Waals surface area contributed by atoms with E-state index < -0.39 is 0 Å². The first kappa shape index (κ1) is 18.3. The fourth-order valence-corrected chi connectivity index (χ4v) is 4.02. The van der Waals surface area contributed by atoms with E-state index in [0.717, 1.165) is 9.47 Å². The van der Waals surface area contributed by atoms with Crippen molar-refractivity contribution >= 4 is 40.1 Å². The monoisotopic (exact) mass is 388 g/mol. The van der Waals surface area contributed by atoms with E-state index in [1.807, 2.05) is 39.2 Å². The molecule has 0 radical (unpaired) electrons. The highest BCUT2D eigenvalue weighted by atomic mass is 32.2. The van der Waals surface area contributed by atoms with E-state index in [-0.39, 0.29) is 11.2 Å². The van der Waals surface area contributed by atoms with Crippen LogP contribution in [0.15, 0.2) is 34.7 Å². The number of rotatable bonds is 7. The van der Waals surface area contributed by atoms with Crippen molar-refractivity contribution in [2.75, 3.05) is 30.0 Å². The molecule has 2 heterocycles. The first-order chi connectivity index (χ1) is 12.5. The lowest BCUT2D eigenvalue weighted by Crippen LogP contribution is -2.16. The Labute approximate surface area is 160 Å². The Morgan fingerprint density at radius 3 is 2.65 bits per heavy atom. The lowest BCUT2D eigenvalue weighted by molar-refractivity contribution is 0.863. The minimum Gasteiger partial charge on any atom is -0.368 e. The highest BCUT2D eigenvalue weighted by Crippen LogP contribution is 2.36. The van der Waals surface area contributed by atoms with Crippen LogP contribution in [0.3, 0.4) is 0 Å². The van der Waals surface area contributed by atoms with Gasteiger partial charge in [-0.05, 0) is 12.5 Å². The van der Waals surface area contributed by atoms with E-state index >= 15 is 0 Å². The van der Waals surface area contributed by atoms with Gasteiger partial charge < -0.3 is 16.0 Å². The highest BCUT2D eigenvalue weighted by Gasteiger charge is 2.17. The maximum Gasteiger partial charge on any atom is 0.229 e. The zero-order valence-electron chi connectivity index (χ0n) is 14.7. The molecule has 3 N–H and O–H groups in total. The molecule has 0 aliphatic rings. The molecule has 8 nitrogen and oxygen atoms in total. The molecule has 1 atom stereocenters. The Hall–Kier alpha value is -2.46.